The van der Waals surface area contributed by atoms with E-state index in [2.05, 4.69) is 16.8 Å². The molecule has 0 aliphatic heterocycles. The monoisotopic (exact) mass is 84.1 g/mol. The van der Waals surface area contributed by atoms with Crippen molar-refractivity contribution >= 4 is 0 Å². The smallest absolute Gasteiger partial charge is 0.0777 e. The van der Waals surface area contributed by atoms with Gasteiger partial charge in [-0.1, -0.05) is 6.08 Å². The summed E-state index contributed by atoms with van der Waals surface area (Å²) in [7, 11) is 1.64. The summed E-state index contributed by atoms with van der Waals surface area (Å²) in [5, 5.41) is 7.08. The average molecular weight is 84.1 g/mol. The van der Waals surface area contributed by atoms with Gasteiger partial charge in [0, 0.05) is 7.05 Å². The number of azo groups is 1. The lowest BCUT2D eigenvalue weighted by Gasteiger charge is -1.70. The number of hydrogen-bond donors (Lipinski definition) is 0. The van der Waals surface area contributed by atoms with Crippen molar-refractivity contribution in [2.45, 2.75) is 0 Å². The Kier molecular flexibility index (Phi) is 3.86. The molecule has 0 aliphatic carbocycles. The summed E-state index contributed by atoms with van der Waals surface area (Å²) in [6.45, 7) is 4.08. The van der Waals surface area contributed by atoms with E-state index in [0.29, 0.717) is 6.54 Å². The van der Waals surface area contributed by atoms with Crippen LogP contribution >= 0.6 is 0 Å². The minimum atomic E-state index is 0.635. The highest BCUT2D eigenvalue weighted by atomic mass is 15.1. The average Bonchev–Trinajstić information content (AvgIpc) is 1.61. The maximum atomic E-state index is 3.60. The topological polar surface area (TPSA) is 24.7 Å². The molecule has 0 bridgehead atoms. The quantitative estimate of drug-likeness (QED) is 0.355. The molecule has 2 heteroatoms. The second-order valence-electron chi connectivity index (χ2n) is 0.813. The number of rotatable bonds is 2. The third kappa shape index (κ3) is 3.34. The zero-order valence-electron chi connectivity index (χ0n) is 3.89. The van der Waals surface area contributed by atoms with Crippen LogP contribution in [0.2, 0.25) is 0 Å². The van der Waals surface area contributed by atoms with Gasteiger partial charge in [-0.3, -0.25) is 0 Å². The first-order valence-corrected chi connectivity index (χ1v) is 1.78. The lowest BCUT2D eigenvalue weighted by Crippen LogP contribution is -1.62. The summed E-state index contributed by atoms with van der Waals surface area (Å²) in [5.41, 5.74) is 0. The minimum absolute atomic E-state index is 0.635. The van der Waals surface area contributed by atoms with Crippen LogP contribution in [0.25, 0.3) is 0 Å². The van der Waals surface area contributed by atoms with Gasteiger partial charge in [-0.25, -0.2) is 0 Å². The van der Waals surface area contributed by atoms with Gasteiger partial charge < -0.3 is 0 Å². The van der Waals surface area contributed by atoms with Crippen molar-refractivity contribution in [3.05, 3.63) is 12.7 Å². The highest BCUT2D eigenvalue weighted by Gasteiger charge is 1.58. The molecule has 34 valence electrons. The molecular weight excluding hydrogens is 76.1 g/mol. The molecule has 0 saturated heterocycles. The molecule has 0 aliphatic rings. The van der Waals surface area contributed by atoms with Crippen LogP contribution in [0.15, 0.2) is 22.9 Å². The van der Waals surface area contributed by atoms with Crippen molar-refractivity contribution in [2.75, 3.05) is 13.6 Å². The van der Waals surface area contributed by atoms with Crippen LogP contribution in [-0.4, -0.2) is 13.6 Å². The zero-order chi connectivity index (χ0) is 4.83. The molecule has 0 saturated carbocycles. The molecule has 0 aromatic heterocycles. The normalized spacial score (nSPS) is 9.50. The lowest BCUT2D eigenvalue weighted by molar-refractivity contribution is 1.03. The van der Waals surface area contributed by atoms with Crippen LogP contribution in [0.1, 0.15) is 0 Å². The molecule has 0 rings (SSSR count). The predicted octanol–water partition coefficient (Wildman–Crippen LogP) is 1.25. The van der Waals surface area contributed by atoms with Gasteiger partial charge in [0.25, 0.3) is 0 Å². The van der Waals surface area contributed by atoms with Crippen molar-refractivity contribution < 1.29 is 0 Å². The van der Waals surface area contributed by atoms with E-state index >= 15 is 0 Å². The SMILES string of the molecule is C=CCN=NC. The molecule has 0 unspecified atom stereocenters. The van der Waals surface area contributed by atoms with Gasteiger partial charge in [0.1, 0.15) is 0 Å². The van der Waals surface area contributed by atoms with Gasteiger partial charge in [-0.05, 0) is 0 Å². The summed E-state index contributed by atoms with van der Waals surface area (Å²) in [6.07, 6.45) is 1.70. The fourth-order valence-electron chi connectivity index (χ4n) is 0.139. The molecule has 2 nitrogen and oxygen atoms in total. The van der Waals surface area contributed by atoms with Crippen molar-refractivity contribution in [3.63, 3.8) is 0 Å². The van der Waals surface area contributed by atoms with E-state index in [1.807, 2.05) is 0 Å². The number of nitrogens with zero attached hydrogens (tertiary/aromatic N) is 2. The summed E-state index contributed by atoms with van der Waals surface area (Å²) in [5.74, 6) is 0. The van der Waals surface area contributed by atoms with Gasteiger partial charge in [0.05, 0.1) is 6.54 Å². The zero-order valence-corrected chi connectivity index (χ0v) is 3.89. The van der Waals surface area contributed by atoms with E-state index in [1.54, 1.807) is 13.1 Å². The highest BCUT2D eigenvalue weighted by molar-refractivity contribution is 4.67. The Morgan fingerprint density at radius 1 is 1.83 bits per heavy atom. The Labute approximate surface area is 37.6 Å². The molecule has 0 atom stereocenters. The molecule has 0 aromatic rings. The molecule has 0 aromatic carbocycles. The fraction of sp³-hybridized carbons (Fsp3) is 0.500. The molecule has 0 N–H and O–H groups in total. The van der Waals surface area contributed by atoms with E-state index in [1.165, 1.54) is 0 Å². The second-order valence-corrected chi connectivity index (χ2v) is 0.813. The van der Waals surface area contributed by atoms with E-state index in [0.717, 1.165) is 0 Å². The van der Waals surface area contributed by atoms with Crippen LogP contribution in [0.5, 0.6) is 0 Å². The van der Waals surface area contributed by atoms with Crippen LogP contribution in [-0.2, 0) is 0 Å². The molecule has 6 heavy (non-hydrogen) atoms. The summed E-state index contributed by atoms with van der Waals surface area (Å²) in [6, 6.07) is 0. The molecule has 0 spiro atoms. The Balaban J connectivity index is 2.85. The van der Waals surface area contributed by atoms with Crippen molar-refractivity contribution in [1.82, 2.24) is 0 Å². The fourth-order valence-corrected chi connectivity index (χ4v) is 0.139. The standard InChI is InChI=1S/C4H8N2/c1-3-4-6-5-2/h3H,1,4H2,2H3. The minimum Gasteiger partial charge on any atom is -0.197 e. The Morgan fingerprint density at radius 3 is 2.67 bits per heavy atom. The van der Waals surface area contributed by atoms with E-state index in [9.17, 15) is 0 Å². The van der Waals surface area contributed by atoms with Crippen LogP contribution < -0.4 is 0 Å². The summed E-state index contributed by atoms with van der Waals surface area (Å²) < 4.78 is 0. The molecule has 0 heterocycles. The van der Waals surface area contributed by atoms with Crippen LogP contribution in [0.3, 0.4) is 0 Å². The van der Waals surface area contributed by atoms with Gasteiger partial charge in [0.2, 0.25) is 0 Å². The first-order valence-electron chi connectivity index (χ1n) is 1.78. The molecular formula is C4H8N2. The van der Waals surface area contributed by atoms with Gasteiger partial charge in [0.15, 0.2) is 0 Å². The Hall–Kier alpha value is -0.660. The van der Waals surface area contributed by atoms with Crippen molar-refractivity contribution in [2.24, 2.45) is 10.2 Å². The second kappa shape index (κ2) is 4.34. The Morgan fingerprint density at radius 2 is 2.50 bits per heavy atom. The first kappa shape index (κ1) is 5.34. The van der Waals surface area contributed by atoms with E-state index < -0.39 is 0 Å². The van der Waals surface area contributed by atoms with Gasteiger partial charge in [-0.15, -0.1) is 6.58 Å². The van der Waals surface area contributed by atoms with Crippen LogP contribution in [0.4, 0.5) is 0 Å². The van der Waals surface area contributed by atoms with Gasteiger partial charge in [-0.2, -0.15) is 10.2 Å². The van der Waals surface area contributed by atoms with E-state index in [-0.39, 0.29) is 0 Å². The molecule has 0 radical (unpaired) electrons. The van der Waals surface area contributed by atoms with Crippen molar-refractivity contribution in [1.29, 1.82) is 0 Å². The Bertz CT molecular complexity index is 56.6. The third-order valence-corrected chi connectivity index (χ3v) is 0.352. The highest BCUT2D eigenvalue weighted by Crippen LogP contribution is 1.68. The first-order chi connectivity index (χ1) is 2.91. The summed E-state index contributed by atoms with van der Waals surface area (Å²) in [4.78, 5) is 0. The maximum absolute atomic E-state index is 3.60. The third-order valence-electron chi connectivity index (χ3n) is 0.352. The van der Waals surface area contributed by atoms with Gasteiger partial charge >= 0.3 is 0 Å². The van der Waals surface area contributed by atoms with Crippen LogP contribution in [0, 0.1) is 0 Å². The van der Waals surface area contributed by atoms with E-state index in [4.69, 9.17) is 0 Å². The largest absolute Gasteiger partial charge is 0.197 e. The van der Waals surface area contributed by atoms with Crippen molar-refractivity contribution in [3.8, 4) is 0 Å². The maximum Gasteiger partial charge on any atom is 0.0777 e. The summed E-state index contributed by atoms with van der Waals surface area (Å²) >= 11 is 0. The number of hydrogen-bond acceptors (Lipinski definition) is 2. The lowest BCUT2D eigenvalue weighted by atomic mass is 10.7. The predicted molar refractivity (Wildman–Crippen MR) is 25.8 cm³/mol. The molecule has 0 amide bonds. The molecule has 0 fully saturated rings.